The molecule has 0 heterocycles. The van der Waals surface area contributed by atoms with Gasteiger partial charge < -0.3 is 0 Å². The van der Waals surface area contributed by atoms with Crippen LogP contribution in [0, 0.1) is 0 Å². The number of rotatable bonds is 0. The zero-order chi connectivity index (χ0) is 4.00. The molecule has 0 aliphatic rings. The number of hydrogen-bond acceptors (Lipinski definition) is 2. The van der Waals surface area contributed by atoms with Crippen molar-refractivity contribution in [3.63, 3.8) is 0 Å². The Morgan fingerprint density at radius 2 is 0.800 bits per heavy atom. The molecule has 2 nitrogen and oxygen atoms in total. The molecule has 0 aromatic rings. The van der Waals surface area contributed by atoms with Crippen molar-refractivity contribution in [3.8, 4) is 0 Å². The minimum absolute atomic E-state index is 0. The standard InChI is InChI=1S/2O.H3Si.2Ti/h;;1H3;;. The van der Waals surface area contributed by atoms with E-state index >= 15 is 0 Å². The van der Waals surface area contributed by atoms with E-state index in [1.165, 1.54) is 0 Å². The molecule has 0 unspecified atom stereocenters. The van der Waals surface area contributed by atoms with Gasteiger partial charge in [0.05, 0.1) is 0 Å². The average molecular weight is 159 g/mol. The van der Waals surface area contributed by atoms with Gasteiger partial charge in [0.25, 0.3) is 0 Å². The van der Waals surface area contributed by atoms with Crippen molar-refractivity contribution in [1.82, 2.24) is 0 Å². The van der Waals surface area contributed by atoms with Gasteiger partial charge in [0.1, 0.15) is 0 Å². The van der Waals surface area contributed by atoms with Crippen LogP contribution in [0.15, 0.2) is 0 Å². The summed E-state index contributed by atoms with van der Waals surface area (Å²) in [5, 5.41) is 0. The maximum atomic E-state index is 8.25. The summed E-state index contributed by atoms with van der Waals surface area (Å²) >= 11 is 1.50. The van der Waals surface area contributed by atoms with Crippen LogP contribution in [-0.2, 0) is 47.5 Å². The fraction of sp³-hybridized carbons (Fsp3) is 0. The Bertz CT molecular complexity index is 9.61. The van der Waals surface area contributed by atoms with Gasteiger partial charge in [0.15, 0.2) is 0 Å². The Hall–Kier alpha value is 1.25. The first-order chi connectivity index (χ1) is 2.00. The van der Waals surface area contributed by atoms with Crippen molar-refractivity contribution in [1.29, 1.82) is 0 Å². The summed E-state index contributed by atoms with van der Waals surface area (Å²) in [5.74, 6) is 0. The second kappa shape index (κ2) is 61.0. The van der Waals surface area contributed by atoms with Crippen LogP contribution in [0.25, 0.3) is 0 Å². The molecule has 0 N–H and O–H groups in total. The zero-order valence-electron chi connectivity index (χ0n) is 2.82. The van der Waals surface area contributed by atoms with E-state index in [0.29, 0.717) is 0 Å². The van der Waals surface area contributed by atoms with Crippen LogP contribution in [0.4, 0.5) is 0 Å². The molecule has 0 saturated heterocycles. The molecule has 27 valence electrons. The van der Waals surface area contributed by atoms with E-state index in [9.17, 15) is 0 Å². The van der Waals surface area contributed by atoms with E-state index in [2.05, 4.69) is 0 Å². The van der Waals surface area contributed by atoms with Crippen molar-refractivity contribution in [3.05, 3.63) is 0 Å². The Morgan fingerprint density at radius 3 is 0.800 bits per heavy atom. The van der Waals surface area contributed by atoms with E-state index in [4.69, 9.17) is 6.65 Å². The molecule has 5 heavy (non-hydrogen) atoms. The van der Waals surface area contributed by atoms with Crippen LogP contribution in [0.1, 0.15) is 0 Å². The Kier molecular flexibility index (Phi) is 199. The molecule has 0 spiro atoms. The molecule has 0 bridgehead atoms. The molecule has 0 fully saturated rings. The first-order valence-corrected chi connectivity index (χ1v) is 1.68. The normalized spacial score (nSPS) is 1.20. The summed E-state index contributed by atoms with van der Waals surface area (Å²) in [6.07, 6.45) is 0. The monoisotopic (exact) mass is 159 g/mol. The first kappa shape index (κ1) is 16.3. The molecule has 1 radical (unpaired) electrons. The predicted octanol–water partition coefficient (Wildman–Crippen LogP) is -1.43. The zero-order valence-corrected chi connectivity index (χ0v) is 7.94. The van der Waals surface area contributed by atoms with Gasteiger partial charge in [0.2, 0.25) is 0 Å². The summed E-state index contributed by atoms with van der Waals surface area (Å²) in [6, 6.07) is 0. The molecule has 0 atom stereocenters. The predicted molar refractivity (Wildman–Crippen MR) is 11.3 cm³/mol. The second-order valence-electron chi connectivity index (χ2n) is 0. The van der Waals surface area contributed by atoms with E-state index in [-0.39, 0.29) is 11.0 Å². The largest absolute Gasteiger partial charge is 0.0125 e. The number of hydrogen-bond donors (Lipinski definition) is 0. The van der Waals surface area contributed by atoms with Crippen LogP contribution in [0.5, 0.6) is 0 Å². The van der Waals surface area contributed by atoms with E-state index in [0.717, 1.165) is 40.8 Å². The van der Waals surface area contributed by atoms with Crippen molar-refractivity contribution in [2.24, 2.45) is 0 Å². The molecule has 0 aromatic carbocycles. The van der Waals surface area contributed by atoms with Gasteiger partial charge in [-0.25, -0.2) is 0 Å². The molecule has 0 amide bonds. The topological polar surface area (TPSA) is 34.1 Å². The molecule has 0 aliphatic carbocycles. The van der Waals surface area contributed by atoms with E-state index < -0.39 is 0 Å². The molecule has 0 rings (SSSR count). The van der Waals surface area contributed by atoms with Gasteiger partial charge >= 0.3 is 47.5 Å². The fourth-order valence-corrected chi connectivity index (χ4v) is 0. The third kappa shape index (κ3) is 35.6. The van der Waals surface area contributed by atoms with Gasteiger partial charge in [-0.15, -0.1) is 0 Å². The second-order valence-corrected chi connectivity index (χ2v) is 0. The van der Waals surface area contributed by atoms with Crippen molar-refractivity contribution >= 4 is 11.0 Å². The van der Waals surface area contributed by atoms with Crippen molar-refractivity contribution in [2.45, 2.75) is 0 Å². The Morgan fingerprint density at radius 1 is 0.800 bits per heavy atom. The van der Waals surface area contributed by atoms with Crippen molar-refractivity contribution in [2.75, 3.05) is 0 Å². The van der Waals surface area contributed by atoms with Crippen LogP contribution in [0.2, 0.25) is 0 Å². The molecular weight excluding hydrogens is 156 g/mol. The summed E-state index contributed by atoms with van der Waals surface area (Å²) < 4.78 is 16.5. The van der Waals surface area contributed by atoms with Crippen LogP contribution < -0.4 is 0 Å². The molecule has 0 aliphatic heterocycles. The molecule has 0 aromatic heterocycles. The molecule has 5 heteroatoms. The minimum Gasteiger partial charge on any atom is -0.0125 e. The summed E-state index contributed by atoms with van der Waals surface area (Å²) in [6.45, 7) is 0. The van der Waals surface area contributed by atoms with Crippen molar-refractivity contribution < 1.29 is 47.5 Å². The minimum atomic E-state index is 0. The third-order valence-corrected chi connectivity index (χ3v) is 0. The SMILES string of the molecule is [O]=[Ti].[O]=[Ti].[SiH3]. The summed E-state index contributed by atoms with van der Waals surface area (Å²) in [5.41, 5.74) is 0. The quantitative estimate of drug-likeness (QED) is 0.406. The summed E-state index contributed by atoms with van der Waals surface area (Å²) in [4.78, 5) is 0. The fourth-order valence-electron chi connectivity index (χ4n) is 0. The van der Waals surface area contributed by atoms with Gasteiger partial charge in [-0.05, 0) is 11.0 Å². The Balaban J connectivity index is -0.0000000133. The van der Waals surface area contributed by atoms with Gasteiger partial charge in [-0.3, -0.25) is 0 Å². The van der Waals surface area contributed by atoms with E-state index in [1.807, 2.05) is 0 Å². The maximum absolute atomic E-state index is 8.25. The van der Waals surface area contributed by atoms with Crippen LogP contribution in [-0.4, -0.2) is 11.0 Å². The Labute approximate surface area is 58.2 Å². The average Bonchev–Trinajstić information content (AvgIpc) is 1.50. The third-order valence-electron chi connectivity index (χ3n) is 0. The van der Waals surface area contributed by atoms with Gasteiger partial charge in [-0.2, -0.15) is 0 Å². The smallest absolute Gasteiger partial charge is 0.0125 e. The molecule has 0 saturated carbocycles. The van der Waals surface area contributed by atoms with Crippen LogP contribution >= 0.6 is 0 Å². The van der Waals surface area contributed by atoms with Gasteiger partial charge in [0, 0.05) is 0 Å². The summed E-state index contributed by atoms with van der Waals surface area (Å²) in [7, 11) is 0. The molecular formula is H3O2SiTi2. The van der Waals surface area contributed by atoms with E-state index in [1.54, 1.807) is 0 Å². The van der Waals surface area contributed by atoms with Crippen LogP contribution in [0.3, 0.4) is 0 Å². The maximum Gasteiger partial charge on any atom is -0.0125 e. The van der Waals surface area contributed by atoms with Gasteiger partial charge in [-0.1, -0.05) is 0 Å². The first-order valence-electron chi connectivity index (χ1n) is 0.408.